The average Bonchev–Trinajstić information content (AvgIpc) is 3.11. The number of nitrogens with one attached hydrogen (secondary N) is 2. The van der Waals surface area contributed by atoms with Crippen LogP contribution in [0.4, 0.5) is 0 Å². The van der Waals surface area contributed by atoms with Gasteiger partial charge in [0.05, 0.1) is 7.11 Å². The first-order valence-electron chi connectivity index (χ1n) is 7.01. The van der Waals surface area contributed by atoms with Gasteiger partial charge in [0.2, 0.25) is 0 Å². The third-order valence-electron chi connectivity index (χ3n) is 3.54. The molecule has 114 valence electrons. The number of methoxy groups -OCH3 is 1. The zero-order valence-electron chi connectivity index (χ0n) is 12.5. The smallest absolute Gasteiger partial charge is 0.167 e. The molecule has 5 heteroatoms. The van der Waals surface area contributed by atoms with E-state index in [2.05, 4.69) is 5.16 Å². The van der Waals surface area contributed by atoms with Crippen molar-refractivity contribution in [3.05, 3.63) is 59.7 Å². The highest BCUT2D eigenvalue weighted by Crippen LogP contribution is 2.32. The van der Waals surface area contributed by atoms with Gasteiger partial charge in [-0.2, -0.15) is 0 Å². The lowest BCUT2D eigenvalue weighted by atomic mass is 10.1. The Morgan fingerprint density at radius 2 is 1.65 bits per heavy atom. The Balaban J connectivity index is 2.01. The summed E-state index contributed by atoms with van der Waals surface area (Å²) in [5.74, 6) is 1.31. The van der Waals surface area contributed by atoms with Crippen LogP contribution in [-0.4, -0.2) is 24.7 Å². The van der Waals surface area contributed by atoms with Crippen LogP contribution in [0.1, 0.15) is 11.1 Å². The van der Waals surface area contributed by atoms with E-state index >= 15 is 0 Å². The maximum absolute atomic E-state index is 7.38. The molecule has 0 radical (unpaired) electrons. The zero-order chi connectivity index (χ0) is 16.2. The normalized spacial score (nSPS) is 10.3. The van der Waals surface area contributed by atoms with Crippen molar-refractivity contribution in [2.45, 2.75) is 0 Å². The van der Waals surface area contributed by atoms with Crippen LogP contribution >= 0.6 is 0 Å². The number of hydrogen-bond donors (Lipinski definition) is 2. The molecule has 0 fully saturated rings. The van der Waals surface area contributed by atoms with Crippen LogP contribution in [0.5, 0.6) is 5.75 Å². The third-order valence-corrected chi connectivity index (χ3v) is 3.54. The molecule has 0 aliphatic carbocycles. The molecule has 23 heavy (non-hydrogen) atoms. The predicted molar refractivity (Wildman–Crippen MR) is 89.7 cm³/mol. The number of rotatable bonds is 5. The van der Waals surface area contributed by atoms with Gasteiger partial charge in [-0.15, -0.1) is 0 Å². The fourth-order valence-corrected chi connectivity index (χ4v) is 2.30. The Bertz CT molecular complexity index is 851. The van der Waals surface area contributed by atoms with Crippen molar-refractivity contribution < 1.29 is 9.26 Å². The minimum atomic E-state index is 0.638. The molecular formula is C18H15N3O2. The summed E-state index contributed by atoms with van der Waals surface area (Å²) >= 11 is 0. The highest BCUT2D eigenvalue weighted by Gasteiger charge is 2.13. The zero-order valence-corrected chi connectivity index (χ0v) is 12.5. The molecule has 0 atom stereocenters. The lowest BCUT2D eigenvalue weighted by Crippen LogP contribution is -1.90. The van der Waals surface area contributed by atoms with Crippen LogP contribution in [0, 0.1) is 10.8 Å². The first-order valence-corrected chi connectivity index (χ1v) is 7.01. The molecule has 2 aromatic carbocycles. The van der Waals surface area contributed by atoms with Gasteiger partial charge >= 0.3 is 0 Å². The van der Waals surface area contributed by atoms with Crippen molar-refractivity contribution in [1.29, 1.82) is 10.8 Å². The standard InChI is InChI=1S/C18H15N3O2/c1-22-17-7-4-13(11-20)8-15(17)16-9-18(23-21-16)14-5-2-12(10-19)3-6-14/h2-11,19-20H,1H3. The third kappa shape index (κ3) is 2.89. The van der Waals surface area contributed by atoms with Crippen LogP contribution in [-0.2, 0) is 0 Å². The molecule has 3 rings (SSSR count). The fourth-order valence-electron chi connectivity index (χ4n) is 2.30. The lowest BCUT2D eigenvalue weighted by Gasteiger charge is -2.06. The molecule has 1 heterocycles. The van der Waals surface area contributed by atoms with Gasteiger partial charge < -0.3 is 20.1 Å². The Morgan fingerprint density at radius 1 is 0.957 bits per heavy atom. The molecular weight excluding hydrogens is 290 g/mol. The van der Waals surface area contributed by atoms with Crippen molar-refractivity contribution in [3.8, 4) is 28.3 Å². The Kier molecular flexibility index (Phi) is 4.01. The van der Waals surface area contributed by atoms with E-state index in [0.29, 0.717) is 17.2 Å². The summed E-state index contributed by atoms with van der Waals surface area (Å²) in [6.07, 6.45) is 2.57. The highest BCUT2D eigenvalue weighted by molar-refractivity contribution is 5.83. The van der Waals surface area contributed by atoms with E-state index in [9.17, 15) is 0 Å². The molecule has 0 saturated heterocycles. The molecule has 0 saturated carbocycles. The summed E-state index contributed by atoms with van der Waals surface area (Å²) < 4.78 is 10.8. The van der Waals surface area contributed by atoms with E-state index in [0.717, 1.165) is 22.3 Å². The van der Waals surface area contributed by atoms with E-state index in [1.54, 1.807) is 7.11 Å². The summed E-state index contributed by atoms with van der Waals surface area (Å²) in [6, 6.07) is 14.8. The van der Waals surface area contributed by atoms with Crippen molar-refractivity contribution >= 4 is 12.4 Å². The van der Waals surface area contributed by atoms with E-state index in [4.69, 9.17) is 20.1 Å². The summed E-state index contributed by atoms with van der Waals surface area (Å²) in [4.78, 5) is 0. The lowest BCUT2D eigenvalue weighted by molar-refractivity contribution is 0.413. The van der Waals surface area contributed by atoms with Crippen molar-refractivity contribution in [2.75, 3.05) is 7.11 Å². The molecule has 1 aromatic heterocycles. The number of hydrogen-bond acceptors (Lipinski definition) is 5. The van der Waals surface area contributed by atoms with Gasteiger partial charge in [-0.05, 0) is 29.3 Å². The molecule has 3 aromatic rings. The van der Waals surface area contributed by atoms with Crippen LogP contribution < -0.4 is 4.74 Å². The number of nitrogens with zero attached hydrogens (tertiary/aromatic N) is 1. The fraction of sp³-hybridized carbons (Fsp3) is 0.0556. The van der Waals surface area contributed by atoms with Crippen LogP contribution in [0.3, 0.4) is 0 Å². The minimum absolute atomic E-state index is 0.638. The number of ether oxygens (including phenoxy) is 1. The highest BCUT2D eigenvalue weighted by atomic mass is 16.5. The molecule has 0 aliphatic rings. The van der Waals surface area contributed by atoms with E-state index in [1.165, 1.54) is 12.4 Å². The van der Waals surface area contributed by atoms with Gasteiger partial charge in [0.15, 0.2) is 5.76 Å². The van der Waals surface area contributed by atoms with Gasteiger partial charge in [0.25, 0.3) is 0 Å². The summed E-state index contributed by atoms with van der Waals surface area (Å²) in [5.41, 5.74) is 3.90. The minimum Gasteiger partial charge on any atom is -0.496 e. The molecule has 2 N–H and O–H groups in total. The van der Waals surface area contributed by atoms with Gasteiger partial charge in [-0.1, -0.05) is 29.4 Å². The van der Waals surface area contributed by atoms with Gasteiger partial charge in [0.1, 0.15) is 11.4 Å². The second-order valence-corrected chi connectivity index (χ2v) is 4.95. The Labute approximate surface area is 133 Å². The second-order valence-electron chi connectivity index (χ2n) is 4.95. The van der Waals surface area contributed by atoms with Crippen molar-refractivity contribution in [3.63, 3.8) is 0 Å². The van der Waals surface area contributed by atoms with E-state index in [-0.39, 0.29) is 0 Å². The van der Waals surface area contributed by atoms with Crippen molar-refractivity contribution in [1.82, 2.24) is 5.16 Å². The molecule has 0 spiro atoms. The second kappa shape index (κ2) is 6.27. The monoisotopic (exact) mass is 305 g/mol. The summed E-state index contributed by atoms with van der Waals surface area (Å²) in [7, 11) is 1.60. The summed E-state index contributed by atoms with van der Waals surface area (Å²) in [6.45, 7) is 0. The van der Waals surface area contributed by atoms with E-state index < -0.39 is 0 Å². The SMILES string of the molecule is COc1ccc(C=N)cc1-c1cc(-c2ccc(C=N)cc2)on1. The van der Waals surface area contributed by atoms with Crippen LogP contribution in [0.15, 0.2) is 53.1 Å². The van der Waals surface area contributed by atoms with Gasteiger partial charge in [-0.3, -0.25) is 0 Å². The van der Waals surface area contributed by atoms with E-state index in [1.807, 2.05) is 48.5 Å². The van der Waals surface area contributed by atoms with Gasteiger partial charge in [0, 0.05) is 29.6 Å². The predicted octanol–water partition coefficient (Wildman–Crippen LogP) is 4.01. The number of aromatic nitrogens is 1. The molecule has 0 bridgehead atoms. The first-order chi connectivity index (χ1) is 11.2. The molecule has 0 amide bonds. The largest absolute Gasteiger partial charge is 0.496 e. The topological polar surface area (TPSA) is 83.0 Å². The number of benzene rings is 2. The van der Waals surface area contributed by atoms with Gasteiger partial charge in [-0.25, -0.2) is 0 Å². The Morgan fingerprint density at radius 3 is 2.30 bits per heavy atom. The quantitative estimate of drug-likeness (QED) is 0.698. The average molecular weight is 305 g/mol. The molecule has 5 nitrogen and oxygen atoms in total. The summed E-state index contributed by atoms with van der Waals surface area (Å²) in [5, 5.41) is 18.7. The molecule has 0 unspecified atom stereocenters. The molecule has 0 aliphatic heterocycles. The maximum atomic E-state index is 7.38. The van der Waals surface area contributed by atoms with Crippen LogP contribution in [0.2, 0.25) is 0 Å². The van der Waals surface area contributed by atoms with Crippen molar-refractivity contribution in [2.24, 2.45) is 0 Å². The maximum Gasteiger partial charge on any atom is 0.167 e. The Hall–Kier alpha value is -3.21. The first kappa shape index (κ1) is 14.7. The van der Waals surface area contributed by atoms with Crippen LogP contribution in [0.25, 0.3) is 22.6 Å².